The lowest BCUT2D eigenvalue weighted by Gasteiger charge is -2.27. The van der Waals surface area contributed by atoms with Crippen LogP contribution in [0.15, 0.2) is 48.5 Å². The normalized spacial score (nSPS) is 12.5. The van der Waals surface area contributed by atoms with Gasteiger partial charge in [-0.2, -0.15) is 31.4 Å². The molecule has 40 heavy (non-hydrogen) atoms. The first-order valence-corrected chi connectivity index (χ1v) is 12.4. The number of alkyl halides is 6. The maximum Gasteiger partial charge on any atom is 0.416 e. The van der Waals surface area contributed by atoms with Crippen LogP contribution in [0.2, 0.25) is 0 Å². The zero-order valence-corrected chi connectivity index (χ0v) is 22.8. The van der Waals surface area contributed by atoms with Crippen molar-refractivity contribution in [3.8, 4) is 5.69 Å². The minimum absolute atomic E-state index is 0.0533. The summed E-state index contributed by atoms with van der Waals surface area (Å²) in [5.41, 5.74) is -2.13. The zero-order valence-electron chi connectivity index (χ0n) is 22.8. The lowest BCUT2D eigenvalue weighted by atomic mass is 9.92. The molecule has 0 atom stereocenters. The average Bonchev–Trinajstić information content (AvgIpc) is 3.25. The minimum Gasteiger partial charge on any atom is -0.327 e. The summed E-state index contributed by atoms with van der Waals surface area (Å²) in [6.07, 6.45) is -10.2. The van der Waals surface area contributed by atoms with Crippen LogP contribution >= 0.6 is 0 Å². The standard InChI is InChI=1S/C28H30F6N4O2/c1-16(2)37(25(40)18-11-19(27(29,30)31)13-20(12-18)28(32,33)34)15-24(39)35-23-14-22(26(4,5)6)36-38(23)21-9-7-17(3)8-10-21/h7-14,16H,15H2,1-6H3,(H,35,39). The summed E-state index contributed by atoms with van der Waals surface area (Å²) >= 11 is 0. The van der Waals surface area contributed by atoms with E-state index in [1.54, 1.807) is 18.2 Å². The summed E-state index contributed by atoms with van der Waals surface area (Å²) in [6, 6.07) is 8.94. The molecule has 1 N–H and O–H groups in total. The Bertz CT molecular complexity index is 1350. The highest BCUT2D eigenvalue weighted by Crippen LogP contribution is 2.36. The number of amides is 2. The quantitative estimate of drug-likeness (QED) is 0.326. The summed E-state index contributed by atoms with van der Waals surface area (Å²) in [6.45, 7) is 10.1. The van der Waals surface area contributed by atoms with Crippen molar-refractivity contribution >= 4 is 17.6 Å². The molecule has 12 heteroatoms. The molecule has 0 bridgehead atoms. The van der Waals surface area contributed by atoms with E-state index in [0.717, 1.165) is 10.5 Å². The third-order valence-corrected chi connectivity index (χ3v) is 6.06. The molecule has 2 aromatic carbocycles. The largest absolute Gasteiger partial charge is 0.416 e. The molecule has 0 saturated carbocycles. The molecule has 3 rings (SSSR count). The van der Waals surface area contributed by atoms with Gasteiger partial charge < -0.3 is 10.2 Å². The first-order chi connectivity index (χ1) is 18.3. The van der Waals surface area contributed by atoms with Gasteiger partial charge in [0.1, 0.15) is 12.4 Å². The smallest absolute Gasteiger partial charge is 0.327 e. The number of halogens is 6. The van der Waals surface area contributed by atoms with Gasteiger partial charge in [-0.25, -0.2) is 4.68 Å². The van der Waals surface area contributed by atoms with E-state index in [4.69, 9.17) is 0 Å². The molecule has 0 fully saturated rings. The van der Waals surface area contributed by atoms with Gasteiger partial charge in [0.25, 0.3) is 5.91 Å². The van der Waals surface area contributed by atoms with Gasteiger partial charge in [-0.1, -0.05) is 38.5 Å². The second kappa shape index (κ2) is 11.0. The van der Waals surface area contributed by atoms with Crippen LogP contribution in [-0.4, -0.2) is 39.1 Å². The molecule has 1 heterocycles. The molecule has 0 saturated heterocycles. The number of hydrogen-bond acceptors (Lipinski definition) is 3. The van der Waals surface area contributed by atoms with Crippen molar-refractivity contribution in [3.05, 3.63) is 76.5 Å². The molecule has 216 valence electrons. The molecule has 0 aliphatic heterocycles. The Labute approximate surface area is 228 Å². The molecular formula is C28H30F6N4O2. The van der Waals surface area contributed by atoms with Gasteiger partial charge in [-0.15, -0.1) is 0 Å². The van der Waals surface area contributed by atoms with E-state index in [-0.39, 0.29) is 17.3 Å². The SMILES string of the molecule is Cc1ccc(-n2nc(C(C)(C)C)cc2NC(=O)CN(C(=O)c2cc(C(F)(F)F)cc(C(F)(F)F)c2)C(C)C)cc1. The number of aryl methyl sites for hydroxylation is 1. The fourth-order valence-corrected chi connectivity index (χ4v) is 3.79. The number of carbonyl (C=O) groups excluding carboxylic acids is 2. The molecule has 2 amide bonds. The number of benzene rings is 2. The van der Waals surface area contributed by atoms with E-state index in [0.29, 0.717) is 23.5 Å². The number of carbonyl (C=O) groups is 2. The minimum atomic E-state index is -5.12. The van der Waals surface area contributed by atoms with Crippen molar-refractivity contribution in [2.24, 2.45) is 0 Å². The van der Waals surface area contributed by atoms with Gasteiger partial charge in [-0.05, 0) is 51.1 Å². The second-order valence-electron chi connectivity index (χ2n) is 10.8. The van der Waals surface area contributed by atoms with Gasteiger partial charge in [0.05, 0.1) is 22.5 Å². The summed E-state index contributed by atoms with van der Waals surface area (Å²) in [7, 11) is 0. The van der Waals surface area contributed by atoms with Gasteiger partial charge in [-0.3, -0.25) is 9.59 Å². The molecule has 0 radical (unpaired) electrons. The van der Waals surface area contributed by atoms with Crippen molar-refractivity contribution in [2.75, 3.05) is 11.9 Å². The van der Waals surface area contributed by atoms with Crippen LogP contribution in [0, 0.1) is 6.92 Å². The van der Waals surface area contributed by atoms with Gasteiger partial charge in [0.15, 0.2) is 0 Å². The van der Waals surface area contributed by atoms with Crippen LogP contribution in [0.1, 0.15) is 67.4 Å². The Morgan fingerprint density at radius 1 is 0.900 bits per heavy atom. The molecule has 0 spiro atoms. The summed E-state index contributed by atoms with van der Waals surface area (Å²) in [5, 5.41) is 7.29. The highest BCUT2D eigenvalue weighted by atomic mass is 19.4. The van der Waals surface area contributed by atoms with Crippen LogP contribution < -0.4 is 5.32 Å². The van der Waals surface area contributed by atoms with Crippen molar-refractivity contribution in [1.29, 1.82) is 0 Å². The Morgan fingerprint density at radius 2 is 1.43 bits per heavy atom. The number of nitrogens with one attached hydrogen (secondary N) is 1. The first kappa shape index (κ1) is 30.7. The van der Waals surface area contributed by atoms with Crippen LogP contribution in [0.25, 0.3) is 5.69 Å². The van der Waals surface area contributed by atoms with E-state index >= 15 is 0 Å². The predicted molar refractivity (Wildman–Crippen MR) is 138 cm³/mol. The van der Waals surface area contributed by atoms with Gasteiger partial charge in [0, 0.05) is 23.1 Å². The Kier molecular flexibility index (Phi) is 8.43. The van der Waals surface area contributed by atoms with Crippen molar-refractivity contribution in [2.45, 2.75) is 65.4 Å². The van der Waals surface area contributed by atoms with E-state index in [2.05, 4.69) is 10.4 Å². The summed E-state index contributed by atoms with van der Waals surface area (Å²) in [4.78, 5) is 27.2. The monoisotopic (exact) mass is 568 g/mol. The van der Waals surface area contributed by atoms with Crippen molar-refractivity contribution < 1.29 is 35.9 Å². The van der Waals surface area contributed by atoms with Crippen molar-refractivity contribution in [1.82, 2.24) is 14.7 Å². The number of nitrogens with zero attached hydrogens (tertiary/aromatic N) is 3. The maximum absolute atomic E-state index is 13.3. The van der Waals surface area contributed by atoms with E-state index in [1.807, 2.05) is 39.8 Å². The lowest BCUT2D eigenvalue weighted by molar-refractivity contribution is -0.143. The fraction of sp³-hybridized carbons (Fsp3) is 0.393. The third kappa shape index (κ3) is 7.22. The Hall–Kier alpha value is -3.83. The third-order valence-electron chi connectivity index (χ3n) is 6.06. The molecule has 0 aliphatic rings. The van der Waals surface area contributed by atoms with Gasteiger partial charge in [0.2, 0.25) is 5.91 Å². The van der Waals surface area contributed by atoms with Crippen LogP contribution in [-0.2, 0) is 22.6 Å². The highest BCUT2D eigenvalue weighted by Gasteiger charge is 2.38. The van der Waals surface area contributed by atoms with Crippen LogP contribution in [0.3, 0.4) is 0 Å². The molecule has 3 aromatic rings. The molecule has 0 unspecified atom stereocenters. The summed E-state index contributed by atoms with van der Waals surface area (Å²) < 4.78 is 81.5. The van der Waals surface area contributed by atoms with E-state index in [1.165, 1.54) is 18.5 Å². The average molecular weight is 569 g/mol. The molecular weight excluding hydrogens is 538 g/mol. The Balaban J connectivity index is 1.94. The number of aromatic nitrogens is 2. The number of rotatable bonds is 6. The molecule has 6 nitrogen and oxygen atoms in total. The zero-order chi connectivity index (χ0) is 30.2. The van der Waals surface area contributed by atoms with Crippen LogP contribution in [0.4, 0.5) is 32.2 Å². The first-order valence-electron chi connectivity index (χ1n) is 12.4. The van der Waals surface area contributed by atoms with Crippen molar-refractivity contribution in [3.63, 3.8) is 0 Å². The maximum atomic E-state index is 13.3. The Morgan fingerprint density at radius 3 is 1.88 bits per heavy atom. The second-order valence-corrected chi connectivity index (χ2v) is 10.8. The molecule has 1 aromatic heterocycles. The van der Waals surface area contributed by atoms with Crippen LogP contribution in [0.5, 0.6) is 0 Å². The molecule has 0 aliphatic carbocycles. The topological polar surface area (TPSA) is 67.2 Å². The highest BCUT2D eigenvalue weighted by molar-refractivity contribution is 5.99. The number of hydrogen-bond donors (Lipinski definition) is 1. The van der Waals surface area contributed by atoms with Gasteiger partial charge >= 0.3 is 12.4 Å². The van der Waals surface area contributed by atoms with E-state index < -0.39 is 53.4 Å². The lowest BCUT2D eigenvalue weighted by Crippen LogP contribution is -2.42. The number of anilines is 1. The predicted octanol–water partition coefficient (Wildman–Crippen LogP) is 7.01. The fourth-order valence-electron chi connectivity index (χ4n) is 3.79. The summed E-state index contributed by atoms with van der Waals surface area (Å²) in [5.74, 6) is -1.57. The van der Waals surface area contributed by atoms with E-state index in [9.17, 15) is 35.9 Å².